The van der Waals surface area contributed by atoms with Crippen LogP contribution in [0.5, 0.6) is 0 Å². The van der Waals surface area contributed by atoms with Gasteiger partial charge in [0.2, 0.25) is 0 Å². The van der Waals surface area contributed by atoms with Crippen molar-refractivity contribution in [3.8, 4) is 0 Å². The van der Waals surface area contributed by atoms with Crippen molar-refractivity contribution < 1.29 is 13.9 Å². The molecule has 1 saturated heterocycles. The predicted molar refractivity (Wildman–Crippen MR) is 119 cm³/mol. The molecule has 1 fully saturated rings. The number of nitrogens with zero attached hydrogens (tertiary/aromatic N) is 2. The van der Waals surface area contributed by atoms with E-state index >= 15 is 0 Å². The van der Waals surface area contributed by atoms with Crippen LogP contribution in [0.15, 0.2) is 51.9 Å². The van der Waals surface area contributed by atoms with E-state index in [1.807, 2.05) is 18.2 Å². The second-order valence-electron chi connectivity index (χ2n) is 6.63. The number of carbonyl (C=O) groups excluding carboxylic acids is 1. The fourth-order valence-electron chi connectivity index (χ4n) is 3.18. The summed E-state index contributed by atoms with van der Waals surface area (Å²) in [6.07, 6.45) is 1.07. The summed E-state index contributed by atoms with van der Waals surface area (Å²) in [5.74, 6) is 1.55. The molecular weight excluding hydrogens is 471 g/mol. The van der Waals surface area contributed by atoms with Crippen molar-refractivity contribution in [2.75, 3.05) is 26.7 Å². The van der Waals surface area contributed by atoms with Gasteiger partial charge in [0.1, 0.15) is 5.76 Å². The molecule has 152 valence electrons. The zero-order valence-electron chi connectivity index (χ0n) is 16.0. The Labute approximate surface area is 182 Å². The third-order valence-corrected chi connectivity index (χ3v) is 4.59. The molecule has 1 aromatic heterocycles. The molecule has 2 heterocycles. The van der Waals surface area contributed by atoms with E-state index in [-0.39, 0.29) is 29.7 Å². The molecule has 3 rings (SSSR count). The highest BCUT2D eigenvalue weighted by Gasteiger charge is 2.25. The number of ether oxygens (including phenoxy) is 1. The molecule has 28 heavy (non-hydrogen) atoms. The Morgan fingerprint density at radius 3 is 2.79 bits per heavy atom. The van der Waals surface area contributed by atoms with Crippen LogP contribution in [0.4, 0.5) is 0 Å². The van der Waals surface area contributed by atoms with Crippen molar-refractivity contribution in [2.24, 2.45) is 16.6 Å². The van der Waals surface area contributed by atoms with Gasteiger partial charge in [-0.2, -0.15) is 0 Å². The van der Waals surface area contributed by atoms with Crippen LogP contribution in [0.2, 0.25) is 0 Å². The number of carbonyl (C=O) groups is 1. The number of benzene rings is 1. The second-order valence-corrected chi connectivity index (χ2v) is 6.63. The maximum atomic E-state index is 11.1. The molecule has 3 N–H and O–H groups in total. The molecule has 2 aromatic rings. The van der Waals surface area contributed by atoms with Crippen LogP contribution in [-0.2, 0) is 17.9 Å². The van der Waals surface area contributed by atoms with Crippen LogP contribution < -0.4 is 11.1 Å². The van der Waals surface area contributed by atoms with Gasteiger partial charge < -0.3 is 25.1 Å². The summed E-state index contributed by atoms with van der Waals surface area (Å²) in [4.78, 5) is 17.7. The van der Waals surface area contributed by atoms with Crippen molar-refractivity contribution in [1.82, 2.24) is 10.2 Å². The molecule has 0 aliphatic carbocycles. The largest absolute Gasteiger partial charge is 0.454 e. The highest BCUT2D eigenvalue weighted by Crippen LogP contribution is 2.17. The molecular formula is C20H27IN4O3. The van der Waals surface area contributed by atoms with Gasteiger partial charge in [-0.15, -0.1) is 24.0 Å². The highest BCUT2D eigenvalue weighted by molar-refractivity contribution is 14.0. The Bertz CT molecular complexity index is 779. The van der Waals surface area contributed by atoms with E-state index in [0.717, 1.165) is 32.1 Å². The fourth-order valence-corrected chi connectivity index (χ4v) is 3.18. The van der Waals surface area contributed by atoms with Crippen LogP contribution in [-0.4, -0.2) is 43.5 Å². The lowest BCUT2D eigenvalue weighted by Gasteiger charge is -2.21. The molecule has 7 nitrogen and oxygen atoms in total. The first kappa shape index (κ1) is 22.2. The number of furan rings is 1. The lowest BCUT2D eigenvalue weighted by Crippen LogP contribution is -2.39. The molecule has 1 unspecified atom stereocenters. The van der Waals surface area contributed by atoms with Gasteiger partial charge in [-0.1, -0.05) is 30.3 Å². The Hall–Kier alpha value is -2.07. The average molecular weight is 498 g/mol. The van der Waals surface area contributed by atoms with Gasteiger partial charge in [-0.05, 0) is 24.1 Å². The summed E-state index contributed by atoms with van der Waals surface area (Å²) in [6.45, 7) is 3.67. The van der Waals surface area contributed by atoms with E-state index in [2.05, 4.69) is 27.3 Å². The quantitative estimate of drug-likeness (QED) is 0.348. The predicted octanol–water partition coefficient (Wildman–Crippen LogP) is 2.61. The number of guanidine groups is 1. The number of nitrogens with one attached hydrogen (secondary N) is 1. The van der Waals surface area contributed by atoms with Gasteiger partial charge in [-0.3, -0.25) is 9.79 Å². The van der Waals surface area contributed by atoms with Crippen molar-refractivity contribution in [3.63, 3.8) is 0 Å². The molecule has 0 radical (unpaired) electrons. The minimum atomic E-state index is -0.566. The molecule has 1 aromatic carbocycles. The minimum Gasteiger partial charge on any atom is -0.454 e. The molecule has 0 bridgehead atoms. The van der Waals surface area contributed by atoms with E-state index in [4.69, 9.17) is 14.9 Å². The lowest BCUT2D eigenvalue weighted by molar-refractivity contribution is 0.0906. The van der Waals surface area contributed by atoms with Crippen molar-refractivity contribution >= 4 is 35.8 Å². The first-order valence-corrected chi connectivity index (χ1v) is 9.11. The topological polar surface area (TPSA) is 93.1 Å². The van der Waals surface area contributed by atoms with Crippen molar-refractivity contribution in [3.05, 3.63) is 59.5 Å². The van der Waals surface area contributed by atoms with Crippen LogP contribution in [0.25, 0.3) is 0 Å². The maximum Gasteiger partial charge on any atom is 0.284 e. The first-order chi connectivity index (χ1) is 13.2. The summed E-state index contributed by atoms with van der Waals surface area (Å²) in [5.41, 5.74) is 6.40. The standard InChI is InChI=1S/C20H26N4O3.HI/c1-22-20(23-11-17-7-8-18(27-17)19(21)25)24-10-9-16(12-24)14-26-13-15-5-3-2-4-6-15;/h2-8,16H,9-14H2,1H3,(H2,21,25)(H,22,23);1H. The van der Waals surface area contributed by atoms with Crippen molar-refractivity contribution in [1.29, 1.82) is 0 Å². The number of nitrogens with two attached hydrogens (primary N) is 1. The number of aliphatic imine (C=N–C) groups is 1. The summed E-state index contributed by atoms with van der Waals surface area (Å²) in [5, 5.41) is 3.27. The van der Waals surface area contributed by atoms with Crippen LogP contribution >= 0.6 is 24.0 Å². The van der Waals surface area contributed by atoms with Gasteiger partial charge >= 0.3 is 0 Å². The SMILES string of the molecule is CN=C(NCc1ccc(C(N)=O)o1)N1CCC(COCc2ccccc2)C1.I. The van der Waals surface area contributed by atoms with E-state index in [0.29, 0.717) is 24.8 Å². The van der Waals surface area contributed by atoms with Crippen LogP contribution in [0.3, 0.4) is 0 Å². The van der Waals surface area contributed by atoms with Crippen LogP contribution in [0, 0.1) is 5.92 Å². The fraction of sp³-hybridized carbons (Fsp3) is 0.400. The molecule has 1 amide bonds. The number of rotatable bonds is 7. The number of primary amides is 1. The normalized spacial score (nSPS) is 16.7. The number of halogens is 1. The molecule has 0 spiro atoms. The monoisotopic (exact) mass is 498 g/mol. The van der Waals surface area contributed by atoms with E-state index in [9.17, 15) is 4.79 Å². The average Bonchev–Trinajstić information content (AvgIpc) is 3.33. The van der Waals surface area contributed by atoms with E-state index in [1.54, 1.807) is 19.2 Å². The number of hydrogen-bond donors (Lipinski definition) is 2. The Balaban J connectivity index is 0.00000280. The van der Waals surface area contributed by atoms with Gasteiger partial charge in [-0.25, -0.2) is 0 Å². The first-order valence-electron chi connectivity index (χ1n) is 9.11. The van der Waals surface area contributed by atoms with Gasteiger partial charge in [0.25, 0.3) is 5.91 Å². The Morgan fingerprint density at radius 1 is 1.32 bits per heavy atom. The molecule has 1 atom stereocenters. The van der Waals surface area contributed by atoms with Crippen molar-refractivity contribution in [2.45, 2.75) is 19.6 Å². The van der Waals surface area contributed by atoms with E-state index in [1.165, 1.54) is 5.56 Å². The number of amides is 1. The van der Waals surface area contributed by atoms with Gasteiger partial charge in [0.15, 0.2) is 11.7 Å². The third kappa shape index (κ3) is 6.23. The summed E-state index contributed by atoms with van der Waals surface area (Å²) in [7, 11) is 1.76. The summed E-state index contributed by atoms with van der Waals surface area (Å²) >= 11 is 0. The number of likely N-dealkylation sites (tertiary alicyclic amines) is 1. The Morgan fingerprint density at radius 2 is 2.11 bits per heavy atom. The van der Waals surface area contributed by atoms with E-state index < -0.39 is 5.91 Å². The smallest absolute Gasteiger partial charge is 0.284 e. The Kier molecular flexibility index (Phi) is 8.78. The third-order valence-electron chi connectivity index (χ3n) is 4.59. The summed E-state index contributed by atoms with van der Waals surface area (Å²) < 4.78 is 11.3. The minimum absolute atomic E-state index is 0. The molecule has 8 heteroatoms. The number of hydrogen-bond acceptors (Lipinski definition) is 4. The zero-order chi connectivity index (χ0) is 19.1. The lowest BCUT2D eigenvalue weighted by atomic mass is 10.1. The van der Waals surface area contributed by atoms with Gasteiger partial charge in [0.05, 0.1) is 19.8 Å². The molecule has 1 aliphatic rings. The van der Waals surface area contributed by atoms with Crippen LogP contribution in [0.1, 0.15) is 28.3 Å². The maximum absolute atomic E-state index is 11.1. The summed E-state index contributed by atoms with van der Waals surface area (Å²) in [6, 6.07) is 13.5. The second kappa shape index (κ2) is 11.1. The molecule has 1 aliphatic heterocycles. The molecule has 0 saturated carbocycles. The van der Waals surface area contributed by atoms with Gasteiger partial charge in [0, 0.05) is 26.1 Å². The highest BCUT2D eigenvalue weighted by atomic mass is 127. The zero-order valence-corrected chi connectivity index (χ0v) is 18.3.